The molecule has 0 saturated carbocycles. The highest BCUT2D eigenvalue weighted by atomic mass is 16.5. The van der Waals surface area contributed by atoms with Crippen molar-refractivity contribution in [3.05, 3.63) is 18.0 Å². The van der Waals surface area contributed by atoms with Crippen molar-refractivity contribution in [1.29, 1.82) is 0 Å². The average Bonchev–Trinajstić information content (AvgIpc) is 3.20. The van der Waals surface area contributed by atoms with Gasteiger partial charge in [0.2, 0.25) is 17.5 Å². The van der Waals surface area contributed by atoms with Crippen molar-refractivity contribution >= 4 is 0 Å². The summed E-state index contributed by atoms with van der Waals surface area (Å²) >= 11 is 0. The van der Waals surface area contributed by atoms with Gasteiger partial charge in [0.15, 0.2) is 11.5 Å². The van der Waals surface area contributed by atoms with Crippen LogP contribution in [0.15, 0.2) is 16.7 Å². The molecule has 9 nitrogen and oxygen atoms in total. The normalized spacial score (nSPS) is 13.4. The molecule has 0 amide bonds. The van der Waals surface area contributed by atoms with Gasteiger partial charge in [-0.2, -0.15) is 4.98 Å². The van der Waals surface area contributed by atoms with Gasteiger partial charge >= 0.3 is 0 Å². The van der Waals surface area contributed by atoms with Crippen LogP contribution in [-0.2, 0) is 4.74 Å². The van der Waals surface area contributed by atoms with Gasteiger partial charge in [-0.15, -0.1) is 0 Å². The quantitative estimate of drug-likeness (QED) is 0.546. The summed E-state index contributed by atoms with van der Waals surface area (Å²) in [4.78, 5) is 4.54. The van der Waals surface area contributed by atoms with Crippen LogP contribution < -0.4 is 19.5 Å². The lowest BCUT2D eigenvalue weighted by Gasteiger charge is -2.20. The molecule has 1 aromatic heterocycles. The first kappa shape index (κ1) is 22.9. The fourth-order valence-electron chi connectivity index (χ4n) is 2.87. The number of aliphatic hydroxyl groups is 1. The average molecular weight is 409 g/mol. The number of aliphatic hydroxyl groups excluding tert-OH is 1. The molecule has 0 radical (unpaired) electrons. The Morgan fingerprint density at radius 1 is 1.10 bits per heavy atom. The predicted molar refractivity (Wildman–Crippen MR) is 107 cm³/mol. The molecule has 0 bridgehead atoms. The first-order chi connectivity index (χ1) is 13.9. The molecular weight excluding hydrogens is 378 g/mol. The van der Waals surface area contributed by atoms with Crippen LogP contribution in [-0.4, -0.2) is 62.4 Å². The fraction of sp³-hybridized carbons (Fsp3) is 0.600. The molecule has 0 aliphatic heterocycles. The number of hydrogen-bond acceptors (Lipinski definition) is 9. The Balaban J connectivity index is 2.23. The minimum atomic E-state index is -0.617. The molecule has 9 heteroatoms. The highest BCUT2D eigenvalue weighted by Gasteiger charge is 2.24. The first-order valence-corrected chi connectivity index (χ1v) is 9.58. The minimum absolute atomic E-state index is 0.169. The summed E-state index contributed by atoms with van der Waals surface area (Å²) in [6.45, 7) is 7.15. The minimum Gasteiger partial charge on any atom is -0.493 e. The van der Waals surface area contributed by atoms with E-state index in [-0.39, 0.29) is 18.6 Å². The van der Waals surface area contributed by atoms with E-state index in [2.05, 4.69) is 15.5 Å². The number of nitrogens with zero attached hydrogens (tertiary/aromatic N) is 2. The van der Waals surface area contributed by atoms with Crippen LogP contribution in [0.25, 0.3) is 11.4 Å². The molecule has 2 rings (SSSR count). The standard InChI is InChI=1S/C20H31N3O6/c1-7-28-11-14(24)10-21-17(12(2)3)20-22-19(23-29-20)13-8-15(25-4)18(27-6)16(9-13)26-5/h8-9,12,14,17,21,24H,7,10-11H2,1-6H3. The fourth-order valence-corrected chi connectivity index (χ4v) is 2.87. The lowest BCUT2D eigenvalue weighted by atomic mass is 10.0. The van der Waals surface area contributed by atoms with Crippen molar-refractivity contribution in [2.75, 3.05) is 41.1 Å². The van der Waals surface area contributed by atoms with Gasteiger partial charge in [-0.25, -0.2) is 0 Å². The smallest absolute Gasteiger partial charge is 0.244 e. The van der Waals surface area contributed by atoms with Gasteiger partial charge in [-0.1, -0.05) is 19.0 Å². The lowest BCUT2D eigenvalue weighted by Crippen LogP contribution is -2.35. The molecule has 2 N–H and O–H groups in total. The van der Waals surface area contributed by atoms with Gasteiger partial charge in [-0.05, 0) is 25.0 Å². The zero-order chi connectivity index (χ0) is 21.4. The largest absolute Gasteiger partial charge is 0.493 e. The molecule has 1 aromatic carbocycles. The summed E-state index contributed by atoms with van der Waals surface area (Å²) in [7, 11) is 4.65. The van der Waals surface area contributed by atoms with Crippen LogP contribution in [0.3, 0.4) is 0 Å². The zero-order valence-electron chi connectivity index (χ0n) is 17.9. The van der Waals surface area contributed by atoms with Gasteiger partial charge in [-0.3, -0.25) is 0 Å². The molecule has 0 spiro atoms. The van der Waals surface area contributed by atoms with Crippen molar-refractivity contribution in [3.8, 4) is 28.6 Å². The maximum absolute atomic E-state index is 10.0. The van der Waals surface area contributed by atoms with Gasteiger partial charge in [0.25, 0.3) is 0 Å². The van der Waals surface area contributed by atoms with E-state index < -0.39 is 6.10 Å². The zero-order valence-corrected chi connectivity index (χ0v) is 17.9. The SMILES string of the molecule is CCOCC(O)CNC(c1nc(-c2cc(OC)c(OC)c(OC)c2)no1)C(C)C. The highest BCUT2D eigenvalue weighted by Crippen LogP contribution is 2.40. The van der Waals surface area contributed by atoms with Crippen LogP contribution >= 0.6 is 0 Å². The summed E-state index contributed by atoms with van der Waals surface area (Å²) in [5.41, 5.74) is 0.674. The Hall–Kier alpha value is -2.36. The van der Waals surface area contributed by atoms with Crippen LogP contribution in [0.5, 0.6) is 17.2 Å². The predicted octanol–water partition coefficient (Wildman–Crippen LogP) is 2.45. The van der Waals surface area contributed by atoms with Gasteiger partial charge in [0, 0.05) is 18.7 Å². The van der Waals surface area contributed by atoms with Crippen molar-refractivity contribution in [2.45, 2.75) is 32.9 Å². The van der Waals surface area contributed by atoms with Crippen LogP contribution in [0.2, 0.25) is 0 Å². The Kier molecular flexibility index (Phi) is 8.69. The van der Waals surface area contributed by atoms with E-state index in [1.807, 2.05) is 20.8 Å². The van der Waals surface area contributed by atoms with Crippen molar-refractivity contribution < 1.29 is 28.6 Å². The molecule has 162 valence electrons. The second-order valence-corrected chi connectivity index (χ2v) is 6.81. The van der Waals surface area contributed by atoms with E-state index in [1.54, 1.807) is 33.5 Å². The first-order valence-electron chi connectivity index (χ1n) is 9.58. The Morgan fingerprint density at radius 2 is 1.76 bits per heavy atom. The number of rotatable bonds is 12. The number of methoxy groups -OCH3 is 3. The number of ether oxygens (including phenoxy) is 4. The summed E-state index contributed by atoms with van der Waals surface area (Å²) < 4.78 is 26.9. The Morgan fingerprint density at radius 3 is 2.28 bits per heavy atom. The van der Waals surface area contributed by atoms with E-state index >= 15 is 0 Å². The molecule has 2 atom stereocenters. The number of nitrogens with one attached hydrogen (secondary N) is 1. The van der Waals surface area contributed by atoms with Gasteiger partial charge in [0.1, 0.15) is 0 Å². The molecule has 2 aromatic rings. The Bertz CT molecular complexity index is 739. The molecular formula is C20H31N3O6. The van der Waals surface area contributed by atoms with E-state index in [9.17, 15) is 5.11 Å². The van der Waals surface area contributed by atoms with Crippen LogP contribution in [0.4, 0.5) is 0 Å². The van der Waals surface area contributed by atoms with Crippen LogP contribution in [0, 0.1) is 5.92 Å². The van der Waals surface area contributed by atoms with Crippen LogP contribution in [0.1, 0.15) is 32.7 Å². The third kappa shape index (κ3) is 5.81. The molecule has 0 fully saturated rings. The topological polar surface area (TPSA) is 108 Å². The molecule has 0 aliphatic carbocycles. The summed E-state index contributed by atoms with van der Waals surface area (Å²) in [6, 6.07) is 3.31. The summed E-state index contributed by atoms with van der Waals surface area (Å²) in [5.74, 6) is 2.51. The van der Waals surface area contributed by atoms with Crippen molar-refractivity contribution in [2.24, 2.45) is 5.92 Å². The molecule has 0 aliphatic rings. The highest BCUT2D eigenvalue weighted by molar-refractivity contribution is 5.66. The monoisotopic (exact) mass is 409 g/mol. The maximum atomic E-state index is 10.0. The third-order valence-corrected chi connectivity index (χ3v) is 4.39. The number of hydrogen-bond donors (Lipinski definition) is 2. The van der Waals surface area contributed by atoms with E-state index in [0.29, 0.717) is 47.7 Å². The summed E-state index contributed by atoms with van der Waals surface area (Å²) in [6.07, 6.45) is -0.617. The molecule has 29 heavy (non-hydrogen) atoms. The van der Waals surface area contributed by atoms with Crippen molar-refractivity contribution in [1.82, 2.24) is 15.5 Å². The van der Waals surface area contributed by atoms with E-state index in [4.69, 9.17) is 23.5 Å². The molecule has 0 saturated heterocycles. The molecule has 1 heterocycles. The van der Waals surface area contributed by atoms with E-state index in [1.165, 1.54) is 0 Å². The maximum Gasteiger partial charge on any atom is 0.244 e. The summed E-state index contributed by atoms with van der Waals surface area (Å²) in [5, 5.41) is 17.4. The second kappa shape index (κ2) is 11.0. The number of aromatic nitrogens is 2. The lowest BCUT2D eigenvalue weighted by molar-refractivity contribution is 0.0397. The van der Waals surface area contributed by atoms with E-state index in [0.717, 1.165) is 0 Å². The molecule has 2 unspecified atom stereocenters. The number of benzene rings is 1. The third-order valence-electron chi connectivity index (χ3n) is 4.39. The second-order valence-electron chi connectivity index (χ2n) is 6.81. The van der Waals surface area contributed by atoms with Gasteiger partial charge < -0.3 is 33.9 Å². The van der Waals surface area contributed by atoms with Crippen molar-refractivity contribution in [3.63, 3.8) is 0 Å². The Labute approximate surface area is 171 Å². The van der Waals surface area contributed by atoms with Gasteiger partial charge in [0.05, 0.1) is 40.1 Å².